The number of benzene rings is 1. The molecule has 10 heteroatoms. The number of aliphatic imine (C=N–C) groups is 1. The number of carbonyl (C=O) groups is 1. The molecule has 148 valence electrons. The van der Waals surface area contributed by atoms with Gasteiger partial charge in [-0.25, -0.2) is 8.42 Å². The molecule has 0 unspecified atom stereocenters. The molecule has 0 saturated heterocycles. The van der Waals surface area contributed by atoms with E-state index in [1.807, 2.05) is 6.92 Å². The van der Waals surface area contributed by atoms with Gasteiger partial charge in [0.15, 0.2) is 5.96 Å². The second kappa shape index (κ2) is 10.3. The summed E-state index contributed by atoms with van der Waals surface area (Å²) in [5, 5.41) is 0. The van der Waals surface area contributed by atoms with Gasteiger partial charge in [-0.3, -0.25) is 9.79 Å². The van der Waals surface area contributed by atoms with Gasteiger partial charge in [0.05, 0.1) is 12.0 Å². The molecule has 0 aliphatic heterocycles. The van der Waals surface area contributed by atoms with Crippen LogP contribution < -0.4 is 16.2 Å². The molecule has 1 atom stereocenters. The van der Waals surface area contributed by atoms with Crippen LogP contribution in [0.15, 0.2) is 22.0 Å². The maximum absolute atomic E-state index is 12.8. The van der Waals surface area contributed by atoms with Crippen LogP contribution in [0.5, 0.6) is 0 Å². The molecule has 0 bridgehead atoms. The summed E-state index contributed by atoms with van der Waals surface area (Å²) in [5.74, 6) is -0.711. The fourth-order valence-corrected chi connectivity index (χ4v) is 4.38. The lowest BCUT2D eigenvalue weighted by Gasteiger charge is -2.18. The monoisotopic (exact) mass is 406 g/mol. The van der Waals surface area contributed by atoms with Crippen LogP contribution >= 0.6 is 12.4 Å². The first kappa shape index (κ1) is 24.2. The van der Waals surface area contributed by atoms with Gasteiger partial charge < -0.3 is 16.2 Å². The van der Waals surface area contributed by atoms with Gasteiger partial charge >= 0.3 is 5.97 Å². The molecule has 5 N–H and O–H groups in total. The number of guanidine groups is 1. The Kier molecular flexibility index (Phi) is 9.61. The van der Waals surface area contributed by atoms with E-state index >= 15 is 0 Å². The molecule has 0 aromatic heterocycles. The number of aryl methyl sites for hydroxylation is 3. The number of sulfonamides is 1. The van der Waals surface area contributed by atoms with Crippen molar-refractivity contribution in [2.75, 3.05) is 13.7 Å². The lowest BCUT2D eigenvalue weighted by molar-refractivity contribution is -0.142. The van der Waals surface area contributed by atoms with Crippen molar-refractivity contribution < 1.29 is 17.9 Å². The second-order valence-electron chi connectivity index (χ2n) is 5.87. The molecule has 1 aromatic rings. The first-order valence-corrected chi connectivity index (χ1v) is 9.30. The molecule has 0 radical (unpaired) electrons. The summed E-state index contributed by atoms with van der Waals surface area (Å²) in [6.07, 6.45) is 0.638. The topological polar surface area (TPSA) is 137 Å². The van der Waals surface area contributed by atoms with E-state index in [-0.39, 0.29) is 29.7 Å². The third-order valence-corrected chi connectivity index (χ3v) is 5.38. The fraction of sp³-hybridized carbons (Fsp3) is 0.500. The highest BCUT2D eigenvalue weighted by atomic mass is 35.5. The minimum atomic E-state index is -3.88. The van der Waals surface area contributed by atoms with E-state index in [2.05, 4.69) is 9.71 Å². The summed E-state index contributed by atoms with van der Waals surface area (Å²) in [4.78, 5) is 15.9. The molecule has 26 heavy (non-hydrogen) atoms. The first-order chi connectivity index (χ1) is 11.6. The van der Waals surface area contributed by atoms with E-state index in [4.69, 9.17) is 16.2 Å². The lowest BCUT2D eigenvalue weighted by Crippen LogP contribution is -2.42. The third-order valence-electron chi connectivity index (χ3n) is 3.60. The quantitative estimate of drug-likeness (QED) is 0.254. The molecule has 0 saturated carbocycles. The van der Waals surface area contributed by atoms with E-state index < -0.39 is 22.0 Å². The number of halogens is 1. The average molecular weight is 407 g/mol. The maximum Gasteiger partial charge on any atom is 0.323 e. The molecule has 0 fully saturated rings. The summed E-state index contributed by atoms with van der Waals surface area (Å²) in [6, 6.07) is 2.56. The number of nitrogens with one attached hydrogen (secondary N) is 1. The van der Waals surface area contributed by atoms with Crippen LogP contribution in [0.3, 0.4) is 0 Å². The number of ether oxygens (including phenoxy) is 1. The Morgan fingerprint density at radius 2 is 1.77 bits per heavy atom. The molecule has 0 spiro atoms. The third kappa shape index (κ3) is 6.81. The van der Waals surface area contributed by atoms with Gasteiger partial charge in [0.2, 0.25) is 10.0 Å². The van der Waals surface area contributed by atoms with Crippen molar-refractivity contribution in [2.45, 2.75) is 44.6 Å². The Morgan fingerprint density at radius 3 is 2.23 bits per heavy atom. The number of hydrogen-bond acceptors (Lipinski definition) is 5. The summed E-state index contributed by atoms with van der Waals surface area (Å²) >= 11 is 0. The van der Waals surface area contributed by atoms with Gasteiger partial charge in [0, 0.05) is 6.54 Å². The first-order valence-electron chi connectivity index (χ1n) is 7.82. The standard InChI is InChI=1S/C16H26N4O4S.ClH/c1-10-8-11(2)14(12(3)9-10)25(22,23)20-13(15(21)24-4)6-5-7-19-16(17)18;/h8-9,13,20H,5-7H2,1-4H3,(H4,17,18,19);1H/t13-;/m0./s1. The average Bonchev–Trinajstić information content (AvgIpc) is 2.47. The van der Waals surface area contributed by atoms with Crippen LogP contribution in [-0.4, -0.2) is 40.0 Å². The van der Waals surface area contributed by atoms with Crippen molar-refractivity contribution in [3.05, 3.63) is 28.8 Å². The van der Waals surface area contributed by atoms with E-state index in [1.54, 1.807) is 26.0 Å². The number of esters is 1. The van der Waals surface area contributed by atoms with E-state index in [9.17, 15) is 13.2 Å². The largest absolute Gasteiger partial charge is 0.468 e. The molecule has 0 amide bonds. The smallest absolute Gasteiger partial charge is 0.323 e. The predicted octanol–water partition coefficient (Wildman–Crippen LogP) is 0.907. The highest BCUT2D eigenvalue weighted by molar-refractivity contribution is 7.89. The summed E-state index contributed by atoms with van der Waals surface area (Å²) < 4.78 is 32.7. The number of nitrogens with two attached hydrogens (primary N) is 2. The Morgan fingerprint density at radius 1 is 1.23 bits per heavy atom. The van der Waals surface area contributed by atoms with Gasteiger partial charge in [-0.05, 0) is 44.7 Å². The number of hydrogen-bond donors (Lipinski definition) is 3. The highest BCUT2D eigenvalue weighted by Crippen LogP contribution is 2.22. The van der Waals surface area contributed by atoms with Crippen LogP contribution in [0.1, 0.15) is 29.5 Å². The van der Waals surface area contributed by atoms with Crippen molar-refractivity contribution in [1.29, 1.82) is 0 Å². The minimum absolute atomic E-state index is 0. The van der Waals surface area contributed by atoms with Crippen LogP contribution in [0.4, 0.5) is 0 Å². The van der Waals surface area contributed by atoms with Crippen LogP contribution in [-0.2, 0) is 19.6 Å². The molecule has 1 rings (SSSR count). The summed E-state index contributed by atoms with van der Waals surface area (Å²) in [5.41, 5.74) is 12.7. The number of carbonyl (C=O) groups excluding carboxylic acids is 1. The van der Waals surface area contributed by atoms with Crippen molar-refractivity contribution in [2.24, 2.45) is 16.5 Å². The van der Waals surface area contributed by atoms with Crippen molar-refractivity contribution in [3.8, 4) is 0 Å². The number of methoxy groups -OCH3 is 1. The van der Waals surface area contributed by atoms with Crippen molar-refractivity contribution >= 4 is 34.4 Å². The molecular formula is C16H27ClN4O4S. The Bertz CT molecular complexity index is 739. The Balaban J connectivity index is 0.00000625. The summed E-state index contributed by atoms with van der Waals surface area (Å²) in [7, 11) is -2.67. The molecule has 0 aliphatic carbocycles. The predicted molar refractivity (Wildman–Crippen MR) is 104 cm³/mol. The van der Waals surface area contributed by atoms with Crippen LogP contribution in [0, 0.1) is 20.8 Å². The van der Waals surface area contributed by atoms with Gasteiger partial charge in [0.25, 0.3) is 0 Å². The molecule has 8 nitrogen and oxygen atoms in total. The molecular weight excluding hydrogens is 380 g/mol. The van der Waals surface area contributed by atoms with Crippen LogP contribution in [0.25, 0.3) is 0 Å². The van der Waals surface area contributed by atoms with E-state index in [0.29, 0.717) is 24.1 Å². The van der Waals surface area contributed by atoms with Crippen molar-refractivity contribution in [3.63, 3.8) is 0 Å². The minimum Gasteiger partial charge on any atom is -0.468 e. The van der Waals surface area contributed by atoms with Crippen molar-refractivity contribution in [1.82, 2.24) is 4.72 Å². The SMILES string of the molecule is COC(=O)[C@H](CCCN=C(N)N)NS(=O)(=O)c1c(C)cc(C)cc1C.Cl. The van der Waals surface area contributed by atoms with Gasteiger partial charge in [-0.2, -0.15) is 4.72 Å². The zero-order valence-corrected chi connectivity index (χ0v) is 17.0. The Hall–Kier alpha value is -1.84. The number of rotatable bonds is 8. The highest BCUT2D eigenvalue weighted by Gasteiger charge is 2.28. The fourth-order valence-electron chi connectivity index (χ4n) is 2.71. The maximum atomic E-state index is 12.8. The Labute approximate surface area is 160 Å². The van der Waals surface area contributed by atoms with Gasteiger partial charge in [-0.1, -0.05) is 17.7 Å². The number of nitrogens with zero attached hydrogens (tertiary/aromatic N) is 1. The second-order valence-corrected chi connectivity index (χ2v) is 7.52. The molecule has 0 heterocycles. The zero-order valence-electron chi connectivity index (χ0n) is 15.4. The van der Waals surface area contributed by atoms with E-state index in [0.717, 1.165) is 5.56 Å². The molecule has 0 aliphatic rings. The van der Waals surface area contributed by atoms with Crippen LogP contribution in [0.2, 0.25) is 0 Å². The lowest BCUT2D eigenvalue weighted by atomic mass is 10.1. The van der Waals surface area contributed by atoms with E-state index in [1.165, 1.54) is 7.11 Å². The van der Waals surface area contributed by atoms with Gasteiger partial charge in [-0.15, -0.1) is 12.4 Å². The summed E-state index contributed by atoms with van der Waals surface area (Å²) in [6.45, 7) is 5.63. The van der Waals surface area contributed by atoms with Gasteiger partial charge in [0.1, 0.15) is 6.04 Å². The normalized spacial score (nSPS) is 12.0. The molecule has 1 aromatic carbocycles. The zero-order chi connectivity index (χ0) is 19.2.